The van der Waals surface area contributed by atoms with Crippen molar-refractivity contribution in [2.75, 3.05) is 18.5 Å². The molecule has 10 heteroatoms. The quantitative estimate of drug-likeness (QED) is 0.266. The van der Waals surface area contributed by atoms with Crippen LogP contribution in [0, 0.1) is 13.8 Å². The SMILES string of the molecule is CCOc1cc(/C=C2\SC(=O)N(Cc3ccc(Cl)cc3Cl)C2=O)ccc1OCC(=O)Nc1cc(C)ccc1C. The van der Waals surface area contributed by atoms with Crippen molar-refractivity contribution < 1.29 is 23.9 Å². The highest BCUT2D eigenvalue weighted by molar-refractivity contribution is 8.18. The van der Waals surface area contributed by atoms with Crippen LogP contribution >= 0.6 is 35.0 Å². The number of benzene rings is 3. The smallest absolute Gasteiger partial charge is 0.293 e. The number of nitrogens with zero attached hydrogens (tertiary/aromatic N) is 1. The van der Waals surface area contributed by atoms with Crippen LogP contribution in [0.3, 0.4) is 0 Å². The van der Waals surface area contributed by atoms with E-state index in [4.69, 9.17) is 32.7 Å². The van der Waals surface area contributed by atoms with Crippen LogP contribution < -0.4 is 14.8 Å². The van der Waals surface area contributed by atoms with Gasteiger partial charge in [-0.25, -0.2) is 0 Å². The van der Waals surface area contributed by atoms with Gasteiger partial charge in [0.2, 0.25) is 0 Å². The summed E-state index contributed by atoms with van der Waals surface area (Å²) in [5.41, 5.74) is 3.98. The molecular weight excluding hydrogens is 559 g/mol. The first-order valence-electron chi connectivity index (χ1n) is 12.1. The largest absolute Gasteiger partial charge is 0.490 e. The zero-order valence-corrected chi connectivity index (χ0v) is 23.9. The molecule has 1 aliphatic rings. The number of carbonyl (C=O) groups is 3. The Labute approximate surface area is 241 Å². The van der Waals surface area contributed by atoms with Gasteiger partial charge in [0.15, 0.2) is 18.1 Å². The maximum atomic E-state index is 13.0. The number of anilines is 1. The molecule has 0 bridgehead atoms. The molecule has 3 aromatic rings. The number of hydrogen-bond acceptors (Lipinski definition) is 6. The summed E-state index contributed by atoms with van der Waals surface area (Å²) >= 11 is 13.0. The van der Waals surface area contributed by atoms with Gasteiger partial charge in [-0.05, 0) is 91.2 Å². The van der Waals surface area contributed by atoms with Crippen LogP contribution in [0.5, 0.6) is 11.5 Å². The fraction of sp³-hybridized carbons (Fsp3) is 0.207. The van der Waals surface area contributed by atoms with Crippen LogP contribution in [0.2, 0.25) is 10.0 Å². The lowest BCUT2D eigenvalue weighted by atomic mass is 10.1. The molecule has 0 atom stereocenters. The minimum Gasteiger partial charge on any atom is -0.490 e. The Morgan fingerprint density at radius 3 is 2.54 bits per heavy atom. The van der Waals surface area contributed by atoms with Crippen molar-refractivity contribution in [3.63, 3.8) is 0 Å². The van der Waals surface area contributed by atoms with E-state index in [1.165, 1.54) is 0 Å². The van der Waals surface area contributed by atoms with E-state index in [1.807, 2.05) is 39.0 Å². The number of imide groups is 1. The average Bonchev–Trinajstić information content (AvgIpc) is 3.14. The summed E-state index contributed by atoms with van der Waals surface area (Å²) < 4.78 is 11.5. The number of ether oxygens (including phenoxy) is 2. The first-order chi connectivity index (χ1) is 18.6. The first kappa shape index (κ1) is 28.5. The molecular formula is C29H26Cl2N2O5S. The lowest BCUT2D eigenvalue weighted by molar-refractivity contribution is -0.123. The molecule has 1 aliphatic heterocycles. The van der Waals surface area contributed by atoms with Gasteiger partial charge in [-0.15, -0.1) is 0 Å². The molecule has 1 N–H and O–H groups in total. The van der Waals surface area contributed by atoms with E-state index in [0.717, 1.165) is 33.5 Å². The summed E-state index contributed by atoms with van der Waals surface area (Å²) in [5.74, 6) is 0.0793. The second-order valence-electron chi connectivity index (χ2n) is 8.80. The van der Waals surface area contributed by atoms with Crippen LogP contribution in [0.15, 0.2) is 59.5 Å². The molecule has 39 heavy (non-hydrogen) atoms. The standard InChI is InChI=1S/C29H26Cl2N2O5S/c1-4-37-25-12-19(7-10-24(25)38-16-27(34)32-23-11-17(2)5-6-18(23)3)13-26-28(35)33(29(36)39-26)15-20-8-9-21(30)14-22(20)31/h5-14H,4,15-16H2,1-3H3,(H,32,34)/b26-13-. The maximum Gasteiger partial charge on any atom is 0.293 e. The number of rotatable bonds is 9. The fourth-order valence-corrected chi connectivity index (χ4v) is 5.12. The molecule has 3 amide bonds. The van der Waals surface area contributed by atoms with Crippen molar-refractivity contribution in [3.8, 4) is 11.5 Å². The molecule has 202 valence electrons. The van der Waals surface area contributed by atoms with Crippen LogP contribution in [0.25, 0.3) is 6.08 Å². The van der Waals surface area contributed by atoms with E-state index in [9.17, 15) is 14.4 Å². The fourth-order valence-electron chi connectivity index (χ4n) is 3.81. The Kier molecular flexibility index (Phi) is 9.22. The minimum atomic E-state index is -0.419. The third kappa shape index (κ3) is 7.15. The first-order valence-corrected chi connectivity index (χ1v) is 13.7. The second-order valence-corrected chi connectivity index (χ2v) is 10.6. The maximum absolute atomic E-state index is 13.0. The second kappa shape index (κ2) is 12.6. The molecule has 1 saturated heterocycles. The molecule has 0 radical (unpaired) electrons. The lowest BCUT2D eigenvalue weighted by Gasteiger charge is -2.14. The van der Waals surface area contributed by atoms with E-state index in [2.05, 4.69) is 5.32 Å². The van der Waals surface area contributed by atoms with Crippen LogP contribution in [0.4, 0.5) is 10.5 Å². The average molecular weight is 586 g/mol. The number of halogens is 2. The predicted octanol–water partition coefficient (Wildman–Crippen LogP) is 7.26. The molecule has 0 aromatic heterocycles. The summed E-state index contributed by atoms with van der Waals surface area (Å²) in [6.07, 6.45) is 1.62. The predicted molar refractivity (Wildman–Crippen MR) is 156 cm³/mol. The number of amides is 3. The van der Waals surface area contributed by atoms with Crippen LogP contribution in [-0.2, 0) is 16.1 Å². The van der Waals surface area contributed by atoms with Crippen molar-refractivity contribution in [2.24, 2.45) is 0 Å². The Hall–Kier alpha value is -3.46. The minimum absolute atomic E-state index is 0.0408. The Bertz CT molecular complexity index is 1470. The highest BCUT2D eigenvalue weighted by Crippen LogP contribution is 2.36. The number of nitrogens with one attached hydrogen (secondary N) is 1. The molecule has 0 unspecified atom stereocenters. The van der Waals surface area contributed by atoms with Gasteiger partial charge in [-0.2, -0.15) is 0 Å². The third-order valence-corrected chi connectivity index (χ3v) is 7.30. The molecule has 0 saturated carbocycles. The zero-order chi connectivity index (χ0) is 28.1. The number of hydrogen-bond donors (Lipinski definition) is 1. The summed E-state index contributed by atoms with van der Waals surface area (Å²) in [7, 11) is 0. The van der Waals surface area contributed by atoms with Gasteiger partial charge in [0.05, 0.1) is 18.1 Å². The summed E-state index contributed by atoms with van der Waals surface area (Å²) in [6, 6.07) is 15.8. The summed E-state index contributed by atoms with van der Waals surface area (Å²) in [5, 5.41) is 3.32. The van der Waals surface area contributed by atoms with Crippen LogP contribution in [-0.4, -0.2) is 35.2 Å². The topological polar surface area (TPSA) is 84.9 Å². The van der Waals surface area contributed by atoms with Gasteiger partial charge < -0.3 is 14.8 Å². The number of aryl methyl sites for hydroxylation is 2. The molecule has 0 spiro atoms. The van der Waals surface area contributed by atoms with E-state index >= 15 is 0 Å². The van der Waals surface area contributed by atoms with Gasteiger partial charge in [0.1, 0.15) is 0 Å². The van der Waals surface area contributed by atoms with E-state index < -0.39 is 11.1 Å². The Morgan fingerprint density at radius 2 is 1.79 bits per heavy atom. The lowest BCUT2D eigenvalue weighted by Crippen LogP contribution is -2.27. The van der Waals surface area contributed by atoms with Crippen molar-refractivity contribution in [3.05, 3.63) is 91.8 Å². The van der Waals surface area contributed by atoms with E-state index in [-0.39, 0.29) is 24.0 Å². The van der Waals surface area contributed by atoms with Gasteiger partial charge in [-0.3, -0.25) is 19.3 Å². The van der Waals surface area contributed by atoms with Crippen molar-refractivity contribution >= 4 is 63.8 Å². The normalized spacial score (nSPS) is 14.2. The van der Waals surface area contributed by atoms with Gasteiger partial charge in [-0.1, -0.05) is 47.5 Å². The van der Waals surface area contributed by atoms with Crippen molar-refractivity contribution in [1.82, 2.24) is 4.90 Å². The number of carbonyl (C=O) groups excluding carboxylic acids is 3. The van der Waals surface area contributed by atoms with Crippen molar-refractivity contribution in [2.45, 2.75) is 27.3 Å². The molecule has 4 rings (SSSR count). The molecule has 0 aliphatic carbocycles. The van der Waals surface area contributed by atoms with Crippen LogP contribution in [0.1, 0.15) is 29.2 Å². The van der Waals surface area contributed by atoms with E-state index in [1.54, 1.807) is 42.5 Å². The van der Waals surface area contributed by atoms with Gasteiger partial charge >= 0.3 is 0 Å². The van der Waals surface area contributed by atoms with Gasteiger partial charge in [0.25, 0.3) is 17.1 Å². The molecule has 7 nitrogen and oxygen atoms in total. The van der Waals surface area contributed by atoms with E-state index in [0.29, 0.717) is 39.3 Å². The molecule has 1 heterocycles. The summed E-state index contributed by atoms with van der Waals surface area (Å²) in [6.45, 7) is 5.91. The monoisotopic (exact) mass is 584 g/mol. The highest BCUT2D eigenvalue weighted by atomic mass is 35.5. The Balaban J connectivity index is 1.46. The third-order valence-electron chi connectivity index (χ3n) is 5.81. The van der Waals surface area contributed by atoms with Crippen molar-refractivity contribution in [1.29, 1.82) is 0 Å². The zero-order valence-electron chi connectivity index (χ0n) is 21.5. The summed E-state index contributed by atoms with van der Waals surface area (Å²) in [4.78, 5) is 39.5. The molecule has 1 fully saturated rings. The molecule has 3 aromatic carbocycles. The number of thioether (sulfide) groups is 1. The van der Waals surface area contributed by atoms with Gasteiger partial charge in [0, 0.05) is 15.7 Å². The highest BCUT2D eigenvalue weighted by Gasteiger charge is 2.35. The Morgan fingerprint density at radius 1 is 1.00 bits per heavy atom.